The van der Waals surface area contributed by atoms with Crippen molar-refractivity contribution in [2.75, 3.05) is 26.2 Å². The maximum atomic E-state index is 12.0. The molecule has 1 saturated carbocycles. The standard InChI is InChI=1S/C14H19N3O2/c1-11(12-2-3-12)10-14(19)17-8-6-16(7-9-17)13(18)4-5-15/h10,12H,2-4,6-9H2,1H3/b11-10+. The predicted molar refractivity (Wildman–Crippen MR) is 69.9 cm³/mol. The lowest BCUT2D eigenvalue weighted by Gasteiger charge is -2.34. The summed E-state index contributed by atoms with van der Waals surface area (Å²) in [6.45, 7) is 4.20. The van der Waals surface area contributed by atoms with Gasteiger partial charge >= 0.3 is 0 Å². The number of piperazine rings is 1. The molecule has 1 saturated heterocycles. The summed E-state index contributed by atoms with van der Waals surface area (Å²) in [6, 6.07) is 1.86. The van der Waals surface area contributed by atoms with Crippen LogP contribution in [0.2, 0.25) is 0 Å². The van der Waals surface area contributed by atoms with Crippen LogP contribution in [0.3, 0.4) is 0 Å². The third-order valence-electron chi connectivity index (χ3n) is 3.75. The van der Waals surface area contributed by atoms with Crippen LogP contribution in [0.1, 0.15) is 26.2 Å². The van der Waals surface area contributed by atoms with E-state index in [1.807, 2.05) is 13.0 Å². The van der Waals surface area contributed by atoms with E-state index in [1.165, 1.54) is 18.4 Å². The Morgan fingerprint density at radius 3 is 2.32 bits per heavy atom. The molecule has 5 heteroatoms. The first-order valence-electron chi connectivity index (χ1n) is 6.73. The van der Waals surface area contributed by atoms with E-state index in [0.717, 1.165) is 0 Å². The van der Waals surface area contributed by atoms with Gasteiger partial charge in [0.1, 0.15) is 6.42 Å². The molecule has 102 valence electrons. The second kappa shape index (κ2) is 5.87. The number of allylic oxidation sites excluding steroid dienone is 1. The molecule has 0 aromatic heterocycles. The average Bonchev–Trinajstić information content (AvgIpc) is 3.23. The van der Waals surface area contributed by atoms with Gasteiger partial charge < -0.3 is 9.80 Å². The first kappa shape index (κ1) is 13.6. The van der Waals surface area contributed by atoms with Crippen molar-refractivity contribution in [1.29, 1.82) is 5.26 Å². The molecule has 5 nitrogen and oxygen atoms in total. The molecule has 0 radical (unpaired) electrons. The Morgan fingerprint density at radius 2 is 1.79 bits per heavy atom. The number of rotatable bonds is 3. The van der Waals surface area contributed by atoms with E-state index < -0.39 is 0 Å². The van der Waals surface area contributed by atoms with E-state index in [1.54, 1.807) is 15.9 Å². The van der Waals surface area contributed by atoms with Crippen LogP contribution in [0.15, 0.2) is 11.6 Å². The lowest BCUT2D eigenvalue weighted by Crippen LogP contribution is -2.50. The van der Waals surface area contributed by atoms with Crippen LogP contribution in [0, 0.1) is 17.2 Å². The normalized spacial score (nSPS) is 20.1. The molecule has 2 aliphatic rings. The van der Waals surface area contributed by atoms with Crippen LogP contribution in [0.5, 0.6) is 0 Å². The first-order valence-corrected chi connectivity index (χ1v) is 6.73. The van der Waals surface area contributed by atoms with Gasteiger partial charge in [-0.25, -0.2) is 0 Å². The molecule has 2 rings (SSSR count). The van der Waals surface area contributed by atoms with Gasteiger partial charge in [-0.15, -0.1) is 0 Å². The summed E-state index contributed by atoms with van der Waals surface area (Å²) < 4.78 is 0. The minimum atomic E-state index is -0.140. The van der Waals surface area contributed by atoms with E-state index >= 15 is 0 Å². The van der Waals surface area contributed by atoms with Crippen LogP contribution in [-0.4, -0.2) is 47.8 Å². The lowest BCUT2D eigenvalue weighted by molar-refractivity contribution is -0.136. The average molecular weight is 261 g/mol. The summed E-state index contributed by atoms with van der Waals surface area (Å²) in [5.41, 5.74) is 1.17. The molecule has 1 aliphatic carbocycles. The van der Waals surface area contributed by atoms with Crippen molar-refractivity contribution in [3.8, 4) is 6.07 Å². The maximum Gasteiger partial charge on any atom is 0.246 e. The second-order valence-corrected chi connectivity index (χ2v) is 5.20. The molecule has 0 spiro atoms. The number of carbonyl (C=O) groups excluding carboxylic acids is 2. The van der Waals surface area contributed by atoms with Crippen LogP contribution < -0.4 is 0 Å². The van der Waals surface area contributed by atoms with E-state index in [2.05, 4.69) is 0 Å². The molecule has 0 bridgehead atoms. The molecular weight excluding hydrogens is 242 g/mol. The smallest absolute Gasteiger partial charge is 0.246 e. The van der Waals surface area contributed by atoms with Gasteiger partial charge in [-0.3, -0.25) is 9.59 Å². The van der Waals surface area contributed by atoms with Gasteiger partial charge in [-0.1, -0.05) is 5.57 Å². The molecule has 0 aromatic rings. The van der Waals surface area contributed by atoms with Crippen molar-refractivity contribution in [2.24, 2.45) is 5.92 Å². The van der Waals surface area contributed by atoms with Gasteiger partial charge in [0.05, 0.1) is 6.07 Å². The third kappa shape index (κ3) is 3.57. The van der Waals surface area contributed by atoms with E-state index in [-0.39, 0.29) is 18.2 Å². The minimum absolute atomic E-state index is 0.0526. The molecule has 19 heavy (non-hydrogen) atoms. The minimum Gasteiger partial charge on any atom is -0.338 e. The molecular formula is C14H19N3O2. The Kier molecular flexibility index (Phi) is 4.20. The van der Waals surface area contributed by atoms with Gasteiger partial charge in [-0.05, 0) is 25.7 Å². The Hall–Kier alpha value is -1.83. The zero-order chi connectivity index (χ0) is 13.8. The predicted octanol–water partition coefficient (Wildman–Crippen LogP) is 0.927. The van der Waals surface area contributed by atoms with E-state index in [4.69, 9.17) is 5.26 Å². The zero-order valence-electron chi connectivity index (χ0n) is 11.3. The topological polar surface area (TPSA) is 64.4 Å². The summed E-state index contributed by atoms with van der Waals surface area (Å²) in [7, 11) is 0. The van der Waals surface area contributed by atoms with Crippen LogP contribution in [-0.2, 0) is 9.59 Å². The van der Waals surface area contributed by atoms with Crippen molar-refractivity contribution < 1.29 is 9.59 Å². The van der Waals surface area contributed by atoms with Crippen LogP contribution >= 0.6 is 0 Å². The second-order valence-electron chi connectivity index (χ2n) is 5.20. The fraction of sp³-hybridized carbons (Fsp3) is 0.643. The maximum absolute atomic E-state index is 12.0. The number of nitriles is 1. The highest BCUT2D eigenvalue weighted by molar-refractivity contribution is 5.88. The monoisotopic (exact) mass is 261 g/mol. The van der Waals surface area contributed by atoms with Crippen LogP contribution in [0.4, 0.5) is 0 Å². The molecule has 1 aliphatic heterocycles. The molecule has 2 fully saturated rings. The SMILES string of the molecule is C/C(=C\C(=O)N1CCN(C(=O)CC#N)CC1)C1CC1. The largest absolute Gasteiger partial charge is 0.338 e. The number of nitrogens with zero attached hydrogens (tertiary/aromatic N) is 3. The Bertz CT molecular complexity index is 438. The number of hydrogen-bond donors (Lipinski definition) is 0. The molecule has 0 unspecified atom stereocenters. The highest BCUT2D eigenvalue weighted by Gasteiger charge is 2.26. The summed E-state index contributed by atoms with van der Waals surface area (Å²) >= 11 is 0. The molecule has 0 aromatic carbocycles. The van der Waals surface area contributed by atoms with Crippen molar-refractivity contribution in [3.63, 3.8) is 0 Å². The first-order chi connectivity index (χ1) is 9.11. The summed E-state index contributed by atoms with van der Waals surface area (Å²) in [6.07, 6.45) is 4.07. The number of carbonyl (C=O) groups is 2. The van der Waals surface area contributed by atoms with E-state index in [9.17, 15) is 9.59 Å². The Balaban J connectivity index is 1.82. The fourth-order valence-electron chi connectivity index (χ4n) is 2.30. The third-order valence-corrected chi connectivity index (χ3v) is 3.75. The zero-order valence-corrected chi connectivity index (χ0v) is 11.3. The Morgan fingerprint density at radius 1 is 1.21 bits per heavy atom. The Labute approximate surface area is 113 Å². The quantitative estimate of drug-likeness (QED) is 0.710. The molecule has 0 N–H and O–H groups in total. The highest BCUT2D eigenvalue weighted by Crippen LogP contribution is 2.35. The highest BCUT2D eigenvalue weighted by atomic mass is 16.2. The fourth-order valence-corrected chi connectivity index (χ4v) is 2.30. The van der Waals surface area contributed by atoms with Gasteiger partial charge in [-0.2, -0.15) is 5.26 Å². The van der Waals surface area contributed by atoms with Gasteiger partial charge in [0, 0.05) is 32.3 Å². The van der Waals surface area contributed by atoms with Gasteiger partial charge in [0.15, 0.2) is 0 Å². The van der Waals surface area contributed by atoms with Crippen molar-refractivity contribution in [1.82, 2.24) is 9.80 Å². The van der Waals surface area contributed by atoms with E-state index in [0.29, 0.717) is 32.1 Å². The van der Waals surface area contributed by atoms with Crippen molar-refractivity contribution >= 4 is 11.8 Å². The summed E-state index contributed by atoms with van der Waals surface area (Å²) in [4.78, 5) is 27.0. The van der Waals surface area contributed by atoms with Crippen LogP contribution in [0.25, 0.3) is 0 Å². The number of hydrogen-bond acceptors (Lipinski definition) is 3. The molecule has 0 atom stereocenters. The van der Waals surface area contributed by atoms with Gasteiger partial charge in [0.25, 0.3) is 0 Å². The summed E-state index contributed by atoms with van der Waals surface area (Å²) in [5, 5.41) is 8.49. The molecule has 2 amide bonds. The van der Waals surface area contributed by atoms with Gasteiger partial charge in [0.2, 0.25) is 11.8 Å². The van der Waals surface area contributed by atoms with Crippen molar-refractivity contribution in [2.45, 2.75) is 26.2 Å². The molecule has 1 heterocycles. The lowest BCUT2D eigenvalue weighted by atomic mass is 10.1. The number of amides is 2. The summed E-state index contributed by atoms with van der Waals surface area (Å²) in [5.74, 6) is 0.526. The van der Waals surface area contributed by atoms with Crippen molar-refractivity contribution in [3.05, 3.63) is 11.6 Å².